The maximum atomic E-state index is 12.1. The van der Waals surface area contributed by atoms with Crippen LogP contribution in [0.2, 0.25) is 0 Å². The molecule has 3 aliphatic rings. The predicted molar refractivity (Wildman–Crippen MR) is 121 cm³/mol. The molecule has 0 amide bonds. The summed E-state index contributed by atoms with van der Waals surface area (Å²) in [6.07, 6.45) is 7.34. The molecule has 9 heteroatoms. The minimum Gasteiger partial charge on any atom is -0.357 e. The van der Waals surface area contributed by atoms with Gasteiger partial charge in [-0.1, -0.05) is 6.42 Å². The molecule has 1 saturated carbocycles. The average molecular weight is 513 g/mol. The summed E-state index contributed by atoms with van der Waals surface area (Å²) in [7, 11) is -3.22. The second-order valence-corrected chi connectivity index (χ2v) is 9.76. The molecule has 0 radical (unpaired) electrons. The van der Waals surface area contributed by atoms with Crippen molar-refractivity contribution in [3.05, 3.63) is 0 Å². The Bertz CT molecular complexity index is 576. The summed E-state index contributed by atoms with van der Waals surface area (Å²) in [5.41, 5.74) is 0. The number of hydrogen-bond acceptors (Lipinski definition) is 4. The van der Waals surface area contributed by atoms with Gasteiger partial charge in [-0.25, -0.2) is 13.1 Å². The van der Waals surface area contributed by atoms with Crippen molar-refractivity contribution < 1.29 is 8.42 Å². The lowest BCUT2D eigenvalue weighted by Gasteiger charge is -2.26. The zero-order chi connectivity index (χ0) is 18.4. The van der Waals surface area contributed by atoms with Crippen LogP contribution in [-0.2, 0) is 10.0 Å². The summed E-state index contributed by atoms with van der Waals surface area (Å²) in [5, 5.41) is 3.33. The Kier molecular flexibility index (Phi) is 9.57. The summed E-state index contributed by atoms with van der Waals surface area (Å²) < 4.78 is 27.0. The lowest BCUT2D eigenvalue weighted by molar-refractivity contribution is 0.249. The van der Waals surface area contributed by atoms with Crippen LogP contribution >= 0.6 is 24.0 Å². The molecule has 3 fully saturated rings. The number of nitrogens with one attached hydrogen (secondary N) is 2. The monoisotopic (exact) mass is 513 g/mol. The van der Waals surface area contributed by atoms with Crippen molar-refractivity contribution >= 4 is 40.0 Å². The third kappa shape index (κ3) is 7.01. The molecule has 0 spiro atoms. The van der Waals surface area contributed by atoms with Gasteiger partial charge in [0.15, 0.2) is 5.96 Å². The second kappa shape index (κ2) is 11.2. The van der Waals surface area contributed by atoms with E-state index in [4.69, 9.17) is 0 Å². The standard InChI is InChI=1S/C18H35N5O2S.HI/c1-2-19-18(23-12-8-17(15-23)22-10-3-4-11-22)20-9-13-26(24,25)21-14-16-6-5-7-16;/h16-17,21H,2-15H2,1H3,(H,19,20);1H. The van der Waals surface area contributed by atoms with Gasteiger partial charge in [0.2, 0.25) is 10.0 Å². The van der Waals surface area contributed by atoms with Crippen LogP contribution in [0.3, 0.4) is 0 Å². The summed E-state index contributed by atoms with van der Waals surface area (Å²) in [4.78, 5) is 9.48. The van der Waals surface area contributed by atoms with Gasteiger partial charge in [0.05, 0.1) is 12.3 Å². The topological polar surface area (TPSA) is 77.0 Å². The van der Waals surface area contributed by atoms with Gasteiger partial charge in [0.1, 0.15) is 0 Å². The van der Waals surface area contributed by atoms with Gasteiger partial charge in [0.25, 0.3) is 0 Å². The molecule has 1 aliphatic carbocycles. The molecule has 1 atom stereocenters. The fourth-order valence-corrected chi connectivity index (χ4v) is 5.02. The minimum absolute atomic E-state index is 0. The number of hydrogen-bond donors (Lipinski definition) is 2. The van der Waals surface area contributed by atoms with Crippen molar-refractivity contribution in [1.82, 2.24) is 19.8 Å². The molecule has 3 rings (SSSR count). The van der Waals surface area contributed by atoms with Gasteiger partial charge in [-0.05, 0) is 58.0 Å². The van der Waals surface area contributed by atoms with Crippen LogP contribution in [0.25, 0.3) is 0 Å². The second-order valence-electron chi connectivity index (χ2n) is 7.83. The summed E-state index contributed by atoms with van der Waals surface area (Å²) in [6, 6.07) is 0.620. The Morgan fingerprint density at radius 3 is 2.48 bits per heavy atom. The molecular weight excluding hydrogens is 477 g/mol. The first-order valence-electron chi connectivity index (χ1n) is 10.3. The van der Waals surface area contributed by atoms with Crippen LogP contribution in [-0.4, -0.2) is 81.8 Å². The van der Waals surface area contributed by atoms with Gasteiger partial charge >= 0.3 is 0 Å². The average Bonchev–Trinajstić information content (AvgIpc) is 3.23. The SMILES string of the molecule is CCNC(=NCCS(=O)(=O)NCC1CCC1)N1CCC(N2CCCC2)C1.I. The molecule has 7 nitrogen and oxygen atoms in total. The first-order chi connectivity index (χ1) is 12.6. The number of sulfonamides is 1. The Morgan fingerprint density at radius 1 is 1.11 bits per heavy atom. The molecule has 158 valence electrons. The summed E-state index contributed by atoms with van der Waals surface area (Å²) in [5.74, 6) is 1.47. The van der Waals surface area contributed by atoms with E-state index in [1.165, 1.54) is 38.8 Å². The van der Waals surface area contributed by atoms with Gasteiger partial charge in [-0.15, -0.1) is 24.0 Å². The highest BCUT2D eigenvalue weighted by molar-refractivity contribution is 14.0. The number of guanidine groups is 1. The highest BCUT2D eigenvalue weighted by atomic mass is 127. The van der Waals surface area contributed by atoms with Crippen LogP contribution in [0, 0.1) is 5.92 Å². The van der Waals surface area contributed by atoms with Crippen molar-refractivity contribution in [3.8, 4) is 0 Å². The quantitative estimate of drug-likeness (QED) is 0.292. The van der Waals surface area contributed by atoms with Gasteiger partial charge in [-0.2, -0.15) is 0 Å². The lowest BCUT2D eigenvalue weighted by Crippen LogP contribution is -2.43. The third-order valence-electron chi connectivity index (χ3n) is 5.89. The predicted octanol–water partition coefficient (Wildman–Crippen LogP) is 1.46. The van der Waals surface area contributed by atoms with E-state index < -0.39 is 10.0 Å². The summed E-state index contributed by atoms with van der Waals surface area (Å²) >= 11 is 0. The van der Waals surface area contributed by atoms with Crippen molar-refractivity contribution in [2.45, 2.75) is 51.5 Å². The maximum Gasteiger partial charge on any atom is 0.213 e. The van der Waals surface area contributed by atoms with Crippen molar-refractivity contribution in [1.29, 1.82) is 0 Å². The normalized spacial score (nSPS) is 24.7. The van der Waals surface area contributed by atoms with Crippen molar-refractivity contribution in [3.63, 3.8) is 0 Å². The Hall–Kier alpha value is -0.130. The molecule has 2 heterocycles. The third-order valence-corrected chi connectivity index (χ3v) is 7.22. The van der Waals surface area contributed by atoms with Crippen LogP contribution in [0.5, 0.6) is 0 Å². The molecule has 2 N–H and O–H groups in total. The fraction of sp³-hybridized carbons (Fsp3) is 0.944. The molecule has 2 saturated heterocycles. The number of aliphatic imine (C=N–C) groups is 1. The molecule has 2 aliphatic heterocycles. The first-order valence-corrected chi connectivity index (χ1v) is 12.0. The van der Waals surface area contributed by atoms with E-state index in [0.717, 1.165) is 38.4 Å². The van der Waals surface area contributed by atoms with Gasteiger partial charge < -0.3 is 10.2 Å². The molecule has 0 aromatic carbocycles. The van der Waals surface area contributed by atoms with E-state index in [1.54, 1.807) is 0 Å². The zero-order valence-corrected chi connectivity index (χ0v) is 19.7. The van der Waals surface area contributed by atoms with E-state index in [-0.39, 0.29) is 29.7 Å². The molecular formula is C18H36IN5O2S. The van der Waals surface area contributed by atoms with E-state index in [2.05, 4.69) is 31.8 Å². The van der Waals surface area contributed by atoms with E-state index in [1.807, 2.05) is 0 Å². The van der Waals surface area contributed by atoms with E-state index in [0.29, 0.717) is 25.0 Å². The van der Waals surface area contributed by atoms with Crippen LogP contribution in [0.15, 0.2) is 4.99 Å². The van der Waals surface area contributed by atoms with Crippen LogP contribution < -0.4 is 10.0 Å². The van der Waals surface area contributed by atoms with Gasteiger partial charge in [-0.3, -0.25) is 9.89 Å². The van der Waals surface area contributed by atoms with Crippen molar-refractivity contribution in [2.24, 2.45) is 10.9 Å². The zero-order valence-electron chi connectivity index (χ0n) is 16.5. The molecule has 0 bridgehead atoms. The Morgan fingerprint density at radius 2 is 1.85 bits per heavy atom. The number of halogens is 1. The molecule has 1 unspecified atom stereocenters. The number of likely N-dealkylation sites (tertiary alicyclic amines) is 2. The lowest BCUT2D eigenvalue weighted by atomic mass is 9.86. The largest absolute Gasteiger partial charge is 0.357 e. The highest BCUT2D eigenvalue weighted by Gasteiger charge is 2.30. The number of nitrogens with zero attached hydrogens (tertiary/aromatic N) is 3. The fourth-order valence-electron chi connectivity index (χ4n) is 4.05. The van der Waals surface area contributed by atoms with Gasteiger partial charge in [0, 0.05) is 32.2 Å². The number of rotatable bonds is 8. The smallest absolute Gasteiger partial charge is 0.213 e. The van der Waals surface area contributed by atoms with Crippen molar-refractivity contribution in [2.75, 3.05) is 51.6 Å². The van der Waals surface area contributed by atoms with Crippen LogP contribution in [0.4, 0.5) is 0 Å². The van der Waals surface area contributed by atoms with Crippen LogP contribution in [0.1, 0.15) is 45.4 Å². The maximum absolute atomic E-state index is 12.1. The Labute approximate surface area is 181 Å². The summed E-state index contributed by atoms with van der Waals surface area (Å²) in [6.45, 7) is 8.20. The highest BCUT2D eigenvalue weighted by Crippen LogP contribution is 2.25. The Balaban J connectivity index is 0.00000261. The molecule has 27 heavy (non-hydrogen) atoms. The van der Waals surface area contributed by atoms with E-state index >= 15 is 0 Å². The molecule has 0 aromatic rings. The minimum atomic E-state index is -3.22. The first kappa shape index (κ1) is 23.2. The molecule has 0 aromatic heterocycles. The van der Waals surface area contributed by atoms with E-state index in [9.17, 15) is 8.42 Å².